The number of hydrogen-bond donors (Lipinski definition) is 1. The Hall–Kier alpha value is -2.58. The molecule has 5 atom stereocenters. The average Bonchev–Trinajstić information content (AvgIpc) is 3.58. The van der Waals surface area contributed by atoms with Crippen molar-refractivity contribution in [2.75, 3.05) is 26.3 Å². The van der Waals surface area contributed by atoms with Crippen LogP contribution in [0.5, 0.6) is 0 Å². The zero-order valence-corrected chi connectivity index (χ0v) is 23.7. The number of fused-ring (bicyclic) bond motifs is 1. The number of unbranched alkanes of at least 4 members (excludes halogenated alkanes) is 4. The van der Waals surface area contributed by atoms with E-state index in [0.29, 0.717) is 32.7 Å². The molecule has 0 saturated carbocycles. The molecule has 3 saturated heterocycles. The second kappa shape index (κ2) is 13.7. The van der Waals surface area contributed by atoms with Crippen LogP contribution in [-0.4, -0.2) is 75.0 Å². The van der Waals surface area contributed by atoms with Crippen LogP contribution in [0.2, 0.25) is 0 Å². The van der Waals surface area contributed by atoms with Crippen LogP contribution in [0.4, 0.5) is 0 Å². The number of thioether (sulfide) groups is 1. The van der Waals surface area contributed by atoms with Crippen molar-refractivity contribution in [1.82, 2.24) is 9.80 Å². The summed E-state index contributed by atoms with van der Waals surface area (Å²) in [6.45, 7) is 9.36. The van der Waals surface area contributed by atoms with Gasteiger partial charge in [-0.25, -0.2) is 0 Å². The topological polar surface area (TPSA) is 87.2 Å². The second-order valence-electron chi connectivity index (χ2n) is 10.8. The largest absolute Gasteiger partial charge is 0.465 e. The lowest BCUT2D eigenvalue weighted by atomic mass is 9.71. The predicted octanol–water partition coefficient (Wildman–Crippen LogP) is 4.35. The molecule has 3 aliphatic rings. The molecule has 4 rings (SSSR count). The number of esters is 1. The second-order valence-corrected chi connectivity index (χ2v) is 12.4. The van der Waals surface area contributed by atoms with E-state index >= 15 is 0 Å². The third kappa shape index (κ3) is 6.12. The fraction of sp³-hybridized carbons (Fsp3) is 0.581. The van der Waals surface area contributed by atoms with Crippen molar-refractivity contribution >= 4 is 29.5 Å². The highest BCUT2D eigenvalue weighted by Crippen LogP contribution is 2.66. The van der Waals surface area contributed by atoms with Gasteiger partial charge in [0.15, 0.2) is 0 Å². The van der Waals surface area contributed by atoms with E-state index in [9.17, 15) is 14.4 Å². The van der Waals surface area contributed by atoms with E-state index in [4.69, 9.17) is 9.84 Å². The molecule has 2 unspecified atom stereocenters. The van der Waals surface area contributed by atoms with Crippen LogP contribution < -0.4 is 0 Å². The molecule has 7 nitrogen and oxygen atoms in total. The minimum atomic E-state index is -0.620. The first-order chi connectivity index (χ1) is 19.0. The molecule has 8 heteroatoms. The summed E-state index contributed by atoms with van der Waals surface area (Å²) in [7, 11) is 0. The molecule has 212 valence electrons. The van der Waals surface area contributed by atoms with Gasteiger partial charge in [0.05, 0.1) is 23.2 Å². The van der Waals surface area contributed by atoms with E-state index in [0.717, 1.165) is 50.5 Å². The van der Waals surface area contributed by atoms with E-state index in [1.54, 1.807) is 33.7 Å². The Labute approximate surface area is 236 Å². The Balaban J connectivity index is 1.61. The zero-order chi connectivity index (χ0) is 27.8. The third-order valence-corrected chi connectivity index (χ3v) is 10.2. The molecule has 1 aromatic rings. The number of amides is 2. The van der Waals surface area contributed by atoms with Crippen molar-refractivity contribution in [2.24, 2.45) is 11.8 Å². The molecule has 1 spiro atoms. The van der Waals surface area contributed by atoms with Crippen molar-refractivity contribution < 1.29 is 24.2 Å². The standard InChI is InChI=1S/C31H42N2O5S/c1-3-5-13-21-38-30(37)25-24-16-17-31(39-24)26(25)28(35)33(19-11-6-7-12-20-34)27(31)29(36)32(18-4-2)22-23-14-9-8-10-15-23/h3-4,8-10,14-15,24-27,34H,1-2,5-7,11-13,16-22H2/t24-,25+,26-,27?,31?/m0/s1. The number of ether oxygens (including phenoxy) is 1. The summed E-state index contributed by atoms with van der Waals surface area (Å²) in [6, 6.07) is 9.24. The number of carbonyl (C=O) groups is 3. The Morgan fingerprint density at radius 1 is 1.13 bits per heavy atom. The number of rotatable bonds is 16. The van der Waals surface area contributed by atoms with Gasteiger partial charge in [-0.3, -0.25) is 14.4 Å². The smallest absolute Gasteiger partial charge is 0.310 e. The van der Waals surface area contributed by atoms with Crippen molar-refractivity contribution in [3.8, 4) is 0 Å². The molecule has 0 aliphatic carbocycles. The average molecular weight is 555 g/mol. The quantitative estimate of drug-likeness (QED) is 0.186. The number of likely N-dealkylation sites (tertiary alicyclic amines) is 1. The van der Waals surface area contributed by atoms with Crippen molar-refractivity contribution in [3.63, 3.8) is 0 Å². The Morgan fingerprint density at radius 2 is 1.90 bits per heavy atom. The highest BCUT2D eigenvalue weighted by Gasteiger charge is 2.74. The molecule has 3 heterocycles. The molecule has 2 amide bonds. The monoisotopic (exact) mass is 554 g/mol. The molecule has 39 heavy (non-hydrogen) atoms. The molecule has 3 aliphatic heterocycles. The van der Waals surface area contributed by atoms with Gasteiger partial charge < -0.3 is 19.6 Å². The van der Waals surface area contributed by atoms with Gasteiger partial charge in [-0.05, 0) is 44.1 Å². The highest BCUT2D eigenvalue weighted by atomic mass is 32.2. The van der Waals surface area contributed by atoms with Crippen LogP contribution >= 0.6 is 11.8 Å². The Morgan fingerprint density at radius 3 is 2.62 bits per heavy atom. The Kier molecular flexibility index (Phi) is 10.3. The van der Waals surface area contributed by atoms with Crippen LogP contribution in [0.15, 0.2) is 55.6 Å². The van der Waals surface area contributed by atoms with Gasteiger partial charge in [-0.2, -0.15) is 0 Å². The molecule has 0 aromatic heterocycles. The highest BCUT2D eigenvalue weighted by molar-refractivity contribution is 8.02. The summed E-state index contributed by atoms with van der Waals surface area (Å²) in [5.41, 5.74) is 1.02. The molecule has 0 radical (unpaired) electrons. The van der Waals surface area contributed by atoms with Gasteiger partial charge in [0, 0.05) is 31.5 Å². The molecular weight excluding hydrogens is 512 g/mol. The van der Waals surface area contributed by atoms with Gasteiger partial charge in [0.2, 0.25) is 11.8 Å². The number of carbonyl (C=O) groups excluding carboxylic acids is 3. The lowest BCUT2D eigenvalue weighted by molar-refractivity contribution is -0.154. The summed E-state index contributed by atoms with van der Waals surface area (Å²) < 4.78 is 5.03. The first kappa shape index (κ1) is 29.4. The van der Waals surface area contributed by atoms with Gasteiger partial charge in [0.1, 0.15) is 6.04 Å². The van der Waals surface area contributed by atoms with E-state index in [-0.39, 0.29) is 29.6 Å². The normalized spacial score (nSPS) is 26.9. The maximum atomic E-state index is 14.4. The Bertz CT molecular complexity index is 1030. The first-order valence-corrected chi connectivity index (χ1v) is 15.2. The first-order valence-electron chi connectivity index (χ1n) is 14.3. The van der Waals surface area contributed by atoms with Crippen molar-refractivity contribution in [1.29, 1.82) is 0 Å². The van der Waals surface area contributed by atoms with Crippen molar-refractivity contribution in [3.05, 3.63) is 61.2 Å². The summed E-state index contributed by atoms with van der Waals surface area (Å²) in [4.78, 5) is 45.4. The van der Waals surface area contributed by atoms with Crippen LogP contribution in [0.25, 0.3) is 0 Å². The number of hydrogen-bond acceptors (Lipinski definition) is 6. The molecule has 1 N–H and O–H groups in total. The number of nitrogens with zero attached hydrogens (tertiary/aromatic N) is 2. The summed E-state index contributed by atoms with van der Waals surface area (Å²) in [6.07, 6.45) is 9.77. The van der Waals surface area contributed by atoms with Gasteiger partial charge >= 0.3 is 5.97 Å². The predicted molar refractivity (Wildman–Crippen MR) is 154 cm³/mol. The van der Waals surface area contributed by atoms with Gasteiger partial charge in [-0.1, -0.05) is 55.3 Å². The number of aliphatic hydroxyl groups is 1. The van der Waals surface area contributed by atoms with E-state index < -0.39 is 22.6 Å². The lowest BCUT2D eigenvalue weighted by Gasteiger charge is -2.37. The zero-order valence-electron chi connectivity index (χ0n) is 22.8. The molecular formula is C31H42N2O5S. The number of benzene rings is 1. The van der Waals surface area contributed by atoms with E-state index in [2.05, 4.69) is 13.2 Å². The van der Waals surface area contributed by atoms with Gasteiger partial charge in [0.25, 0.3) is 0 Å². The van der Waals surface area contributed by atoms with E-state index in [1.807, 2.05) is 30.3 Å². The molecule has 1 aromatic carbocycles. The summed E-state index contributed by atoms with van der Waals surface area (Å²) in [5.74, 6) is -1.52. The number of allylic oxidation sites excluding steroid dienone is 1. The SMILES string of the molecule is C=CCCCOC(=O)[C@@H]1[C@@H]2CCC3(S2)C(C(=O)N(CC=C)Cc2ccccc2)N(CCCCCCO)C(=O)[C@H]13. The maximum Gasteiger partial charge on any atom is 0.310 e. The van der Waals surface area contributed by atoms with Gasteiger partial charge in [-0.15, -0.1) is 24.9 Å². The minimum absolute atomic E-state index is 0.00478. The minimum Gasteiger partial charge on any atom is -0.465 e. The fourth-order valence-electron chi connectivity index (χ4n) is 6.55. The fourth-order valence-corrected chi connectivity index (χ4v) is 8.75. The summed E-state index contributed by atoms with van der Waals surface area (Å²) >= 11 is 1.68. The maximum absolute atomic E-state index is 14.4. The number of aliphatic hydroxyl groups excluding tert-OH is 1. The van der Waals surface area contributed by atoms with Crippen LogP contribution in [0, 0.1) is 11.8 Å². The van der Waals surface area contributed by atoms with Crippen molar-refractivity contribution in [2.45, 2.75) is 74.0 Å². The summed E-state index contributed by atoms with van der Waals surface area (Å²) in [5, 5.41) is 9.14. The van der Waals surface area contributed by atoms with E-state index in [1.165, 1.54) is 0 Å². The van der Waals surface area contributed by atoms with Crippen LogP contribution in [0.1, 0.15) is 56.9 Å². The molecule has 3 fully saturated rings. The van der Waals surface area contributed by atoms with Crippen LogP contribution in [0.3, 0.4) is 0 Å². The molecule has 2 bridgehead atoms. The third-order valence-electron chi connectivity index (χ3n) is 8.29. The van der Waals surface area contributed by atoms with Crippen LogP contribution in [-0.2, 0) is 25.7 Å². The lowest BCUT2D eigenvalue weighted by Crippen LogP contribution is -2.54.